The maximum Gasteiger partial charge on any atom is 0.574 e. The fraction of sp³-hybridized carbons (Fsp3) is 0.400. The van der Waals surface area contributed by atoms with Crippen LogP contribution in [0.4, 0.5) is 13.2 Å². The van der Waals surface area contributed by atoms with Gasteiger partial charge in [0.2, 0.25) is 5.88 Å². The van der Waals surface area contributed by atoms with Gasteiger partial charge in [0, 0.05) is 7.05 Å². The molecule has 0 N–H and O–H groups in total. The lowest BCUT2D eigenvalue weighted by Crippen LogP contribution is -2.18. The van der Waals surface area contributed by atoms with Crippen LogP contribution < -0.4 is 4.74 Å². The Kier molecular flexibility index (Phi) is 1.76. The lowest BCUT2D eigenvalue weighted by Gasteiger charge is -2.07. The van der Waals surface area contributed by atoms with E-state index in [9.17, 15) is 13.2 Å². The summed E-state index contributed by atoms with van der Waals surface area (Å²) in [6, 6.07) is 0. The van der Waals surface area contributed by atoms with Crippen LogP contribution in [0, 0.1) is 6.33 Å². The van der Waals surface area contributed by atoms with E-state index in [2.05, 4.69) is 16.0 Å². The first-order valence-corrected chi connectivity index (χ1v) is 2.64. The zero-order chi connectivity index (χ0) is 8.48. The van der Waals surface area contributed by atoms with E-state index in [-0.39, 0.29) is 5.88 Å². The van der Waals surface area contributed by atoms with Gasteiger partial charge in [-0.3, -0.25) is 4.57 Å². The van der Waals surface area contributed by atoms with Crippen LogP contribution >= 0.6 is 0 Å². The first kappa shape index (κ1) is 7.90. The number of aryl methyl sites for hydroxylation is 1. The summed E-state index contributed by atoms with van der Waals surface area (Å²) in [5.74, 6) is -0.377. The maximum atomic E-state index is 11.5. The van der Waals surface area contributed by atoms with Gasteiger partial charge in [-0.05, 0) is 0 Å². The van der Waals surface area contributed by atoms with Gasteiger partial charge in [0.1, 0.15) is 0 Å². The molecule has 0 saturated heterocycles. The summed E-state index contributed by atoms with van der Waals surface area (Å²) in [4.78, 5) is 3.32. The van der Waals surface area contributed by atoms with Gasteiger partial charge in [0.05, 0.1) is 6.20 Å². The molecule has 1 rings (SSSR count). The smallest absolute Gasteiger partial charge is 0.388 e. The van der Waals surface area contributed by atoms with E-state index in [4.69, 9.17) is 0 Å². The molecule has 0 atom stereocenters. The quantitative estimate of drug-likeness (QED) is 0.623. The first-order chi connectivity index (χ1) is 4.99. The average molecular weight is 165 g/mol. The topological polar surface area (TPSA) is 27.1 Å². The minimum Gasteiger partial charge on any atom is -0.388 e. The second kappa shape index (κ2) is 2.44. The van der Waals surface area contributed by atoms with Crippen molar-refractivity contribution >= 4 is 0 Å². The van der Waals surface area contributed by atoms with Crippen LogP contribution in [0.3, 0.4) is 0 Å². The van der Waals surface area contributed by atoms with Crippen LogP contribution in [0.1, 0.15) is 0 Å². The fourth-order valence-corrected chi connectivity index (χ4v) is 0.520. The van der Waals surface area contributed by atoms with E-state index >= 15 is 0 Å². The third-order valence-corrected chi connectivity index (χ3v) is 0.934. The summed E-state index contributed by atoms with van der Waals surface area (Å²) in [5, 5.41) is 0. The molecule has 61 valence electrons. The van der Waals surface area contributed by atoms with Gasteiger partial charge in [-0.2, -0.15) is 0 Å². The molecule has 6 heteroatoms. The summed E-state index contributed by atoms with van der Waals surface area (Å²) < 4.78 is 39.1. The number of halogens is 3. The van der Waals surface area contributed by atoms with E-state index in [1.165, 1.54) is 7.05 Å². The Hall–Kier alpha value is -1.20. The maximum absolute atomic E-state index is 11.5. The molecule has 0 saturated carbocycles. The van der Waals surface area contributed by atoms with Crippen molar-refractivity contribution in [3.05, 3.63) is 12.5 Å². The van der Waals surface area contributed by atoms with E-state index in [1.807, 2.05) is 0 Å². The molecular weight excluding hydrogens is 161 g/mol. The molecule has 1 heterocycles. The second-order valence-electron chi connectivity index (χ2n) is 1.80. The zero-order valence-corrected chi connectivity index (χ0v) is 5.51. The molecule has 1 aromatic heterocycles. The predicted molar refractivity (Wildman–Crippen MR) is 28.7 cm³/mol. The highest BCUT2D eigenvalue weighted by Crippen LogP contribution is 2.20. The van der Waals surface area contributed by atoms with Gasteiger partial charge in [0.15, 0.2) is 6.33 Å². The molecule has 3 nitrogen and oxygen atoms in total. The number of hydrogen-bond donors (Lipinski definition) is 0. The highest BCUT2D eigenvalue weighted by Gasteiger charge is 2.32. The van der Waals surface area contributed by atoms with Crippen molar-refractivity contribution < 1.29 is 17.9 Å². The number of ether oxygens (including phenoxy) is 1. The monoisotopic (exact) mass is 165 g/mol. The molecule has 0 aromatic carbocycles. The minimum absolute atomic E-state index is 0.377. The second-order valence-corrected chi connectivity index (χ2v) is 1.80. The molecule has 0 fully saturated rings. The summed E-state index contributed by atoms with van der Waals surface area (Å²) in [7, 11) is 1.36. The number of hydrogen-bond acceptors (Lipinski definition) is 2. The van der Waals surface area contributed by atoms with Crippen LogP contribution in [-0.2, 0) is 7.05 Å². The largest absolute Gasteiger partial charge is 0.574 e. The SMILES string of the molecule is Cn1[c]ncc1OC(F)(F)F. The van der Waals surface area contributed by atoms with E-state index < -0.39 is 6.36 Å². The van der Waals surface area contributed by atoms with Crippen molar-refractivity contribution in [2.75, 3.05) is 0 Å². The van der Waals surface area contributed by atoms with Crippen LogP contribution in [0.2, 0.25) is 0 Å². The summed E-state index contributed by atoms with van der Waals surface area (Å²) in [6.07, 6.45) is -1.49. The lowest BCUT2D eigenvalue weighted by molar-refractivity contribution is -0.277. The van der Waals surface area contributed by atoms with Crippen LogP contribution in [-0.4, -0.2) is 15.9 Å². The molecule has 1 aromatic rings. The molecule has 11 heavy (non-hydrogen) atoms. The number of alkyl halides is 3. The van der Waals surface area contributed by atoms with Crippen molar-refractivity contribution in [2.24, 2.45) is 7.05 Å². The molecule has 0 bridgehead atoms. The molecular formula is C5H4F3N2O. The minimum atomic E-state index is -4.67. The molecule has 1 radical (unpaired) electrons. The van der Waals surface area contributed by atoms with Gasteiger partial charge in [-0.15, -0.1) is 13.2 Å². The molecule has 0 aliphatic rings. The third kappa shape index (κ3) is 2.14. The fourth-order valence-electron chi connectivity index (χ4n) is 0.520. The van der Waals surface area contributed by atoms with Gasteiger partial charge in [-0.1, -0.05) is 0 Å². The summed E-state index contributed by atoms with van der Waals surface area (Å²) in [6.45, 7) is 0. The number of imidazole rings is 1. The Balaban J connectivity index is 2.72. The van der Waals surface area contributed by atoms with Gasteiger partial charge in [0.25, 0.3) is 0 Å². The van der Waals surface area contributed by atoms with Gasteiger partial charge in [-0.25, -0.2) is 4.98 Å². The van der Waals surface area contributed by atoms with E-state index in [0.717, 1.165) is 10.8 Å². The molecule has 0 unspecified atom stereocenters. The number of rotatable bonds is 1. The van der Waals surface area contributed by atoms with Crippen molar-refractivity contribution in [3.63, 3.8) is 0 Å². The Morgan fingerprint density at radius 1 is 1.64 bits per heavy atom. The Morgan fingerprint density at radius 2 is 2.27 bits per heavy atom. The van der Waals surface area contributed by atoms with Gasteiger partial charge >= 0.3 is 6.36 Å². The van der Waals surface area contributed by atoms with Crippen molar-refractivity contribution in [2.45, 2.75) is 6.36 Å². The standard InChI is InChI=1S/C5H4F3N2O/c1-10-3-9-2-4(10)11-5(6,7)8/h2H,1H3. The average Bonchev–Trinajstić information content (AvgIpc) is 2.12. The van der Waals surface area contributed by atoms with Crippen molar-refractivity contribution in [1.82, 2.24) is 9.55 Å². The van der Waals surface area contributed by atoms with Crippen molar-refractivity contribution in [3.8, 4) is 5.88 Å². The normalized spacial score (nSPS) is 11.6. The molecule has 0 spiro atoms. The van der Waals surface area contributed by atoms with Gasteiger partial charge < -0.3 is 4.74 Å². The lowest BCUT2D eigenvalue weighted by atomic mass is 10.8. The Bertz CT molecular complexity index is 242. The first-order valence-electron chi connectivity index (χ1n) is 2.64. The number of nitrogens with zero attached hydrogens (tertiary/aromatic N) is 2. The summed E-state index contributed by atoms with van der Waals surface area (Å²) >= 11 is 0. The number of aromatic nitrogens is 2. The van der Waals surface area contributed by atoms with E-state index in [1.54, 1.807) is 0 Å². The van der Waals surface area contributed by atoms with Crippen LogP contribution in [0.5, 0.6) is 5.88 Å². The van der Waals surface area contributed by atoms with E-state index in [0.29, 0.717) is 0 Å². The molecule has 0 aliphatic carbocycles. The Morgan fingerprint density at radius 3 is 2.64 bits per heavy atom. The van der Waals surface area contributed by atoms with Crippen molar-refractivity contribution in [1.29, 1.82) is 0 Å². The third-order valence-electron chi connectivity index (χ3n) is 0.934. The van der Waals surface area contributed by atoms with Crippen LogP contribution in [0.25, 0.3) is 0 Å². The predicted octanol–water partition coefficient (Wildman–Crippen LogP) is 1.12. The highest BCUT2D eigenvalue weighted by atomic mass is 19.4. The zero-order valence-electron chi connectivity index (χ0n) is 5.51. The molecule has 0 aliphatic heterocycles. The highest BCUT2D eigenvalue weighted by molar-refractivity contribution is 5.03. The van der Waals surface area contributed by atoms with Crippen LogP contribution in [0.15, 0.2) is 6.20 Å². The Labute approximate surface area is 60.4 Å². The summed E-state index contributed by atoms with van der Waals surface area (Å²) in [5.41, 5.74) is 0. The molecule has 0 amide bonds.